The molecular weight excluding hydrogens is 230 g/mol. The van der Waals surface area contributed by atoms with E-state index in [0.717, 1.165) is 7.11 Å². The van der Waals surface area contributed by atoms with Gasteiger partial charge in [-0.05, 0) is 12.1 Å². The summed E-state index contributed by atoms with van der Waals surface area (Å²) in [5, 5.41) is 0. The van der Waals surface area contributed by atoms with E-state index in [0.29, 0.717) is 12.1 Å². The minimum absolute atomic E-state index is 0.363. The molecule has 1 rings (SSSR count). The molecule has 0 atom stereocenters. The van der Waals surface area contributed by atoms with E-state index >= 15 is 0 Å². The summed E-state index contributed by atoms with van der Waals surface area (Å²) in [6.07, 6.45) is -4.85. The molecule has 16 heavy (non-hydrogen) atoms. The number of nitrogen functional groups attached to an aromatic ring is 1. The van der Waals surface area contributed by atoms with E-state index in [-0.39, 0.29) is 0 Å². The van der Waals surface area contributed by atoms with Gasteiger partial charge in [0, 0.05) is 5.69 Å². The van der Waals surface area contributed by atoms with E-state index < -0.39 is 34.8 Å². The van der Waals surface area contributed by atoms with Gasteiger partial charge in [-0.15, -0.1) is 0 Å². The number of benzene rings is 1. The van der Waals surface area contributed by atoms with Gasteiger partial charge in [0.15, 0.2) is 0 Å². The van der Waals surface area contributed by atoms with Crippen LogP contribution in [0.3, 0.4) is 0 Å². The van der Waals surface area contributed by atoms with Crippen LogP contribution in [-0.4, -0.2) is 13.1 Å². The number of alkyl halides is 3. The number of hydrogen-bond acceptors (Lipinski definition) is 3. The third-order valence-corrected chi connectivity index (χ3v) is 1.85. The van der Waals surface area contributed by atoms with Crippen molar-refractivity contribution >= 4 is 11.7 Å². The first-order valence-electron chi connectivity index (χ1n) is 4.02. The number of ether oxygens (including phenoxy) is 1. The Bertz CT molecular complexity index is 428. The van der Waals surface area contributed by atoms with Gasteiger partial charge in [0.1, 0.15) is 5.82 Å². The number of esters is 1. The second-order valence-corrected chi connectivity index (χ2v) is 2.91. The van der Waals surface area contributed by atoms with Crippen LogP contribution in [0.25, 0.3) is 0 Å². The molecule has 1 aromatic rings. The van der Waals surface area contributed by atoms with Crippen LogP contribution in [0.2, 0.25) is 0 Å². The lowest BCUT2D eigenvalue weighted by Crippen LogP contribution is -2.13. The minimum Gasteiger partial charge on any atom is -0.465 e. The average molecular weight is 237 g/mol. The maximum Gasteiger partial charge on any atom is 0.419 e. The van der Waals surface area contributed by atoms with E-state index in [2.05, 4.69) is 4.74 Å². The molecule has 0 bridgehead atoms. The molecule has 0 saturated heterocycles. The van der Waals surface area contributed by atoms with E-state index in [1.165, 1.54) is 0 Å². The molecular formula is C9H7F4NO2. The summed E-state index contributed by atoms with van der Waals surface area (Å²) in [5.74, 6) is -2.56. The third-order valence-electron chi connectivity index (χ3n) is 1.85. The molecule has 2 N–H and O–H groups in total. The van der Waals surface area contributed by atoms with Crippen molar-refractivity contribution in [3.8, 4) is 0 Å². The average Bonchev–Trinajstić information content (AvgIpc) is 2.18. The zero-order chi connectivity index (χ0) is 12.5. The number of hydrogen-bond donors (Lipinski definition) is 1. The van der Waals surface area contributed by atoms with Crippen LogP contribution in [0.4, 0.5) is 23.2 Å². The fourth-order valence-corrected chi connectivity index (χ4v) is 1.09. The van der Waals surface area contributed by atoms with Crippen LogP contribution in [0.15, 0.2) is 12.1 Å². The highest BCUT2D eigenvalue weighted by molar-refractivity contribution is 5.95. The number of carbonyl (C=O) groups excluding carboxylic acids is 1. The van der Waals surface area contributed by atoms with Crippen molar-refractivity contribution in [1.82, 2.24) is 0 Å². The van der Waals surface area contributed by atoms with Gasteiger partial charge in [-0.25, -0.2) is 9.18 Å². The van der Waals surface area contributed by atoms with Crippen LogP contribution in [-0.2, 0) is 10.9 Å². The summed E-state index contributed by atoms with van der Waals surface area (Å²) in [6.45, 7) is 0. The number of nitrogens with two attached hydrogens (primary N) is 1. The van der Waals surface area contributed by atoms with Crippen molar-refractivity contribution in [3.63, 3.8) is 0 Å². The number of anilines is 1. The second-order valence-electron chi connectivity index (χ2n) is 2.91. The predicted molar refractivity (Wildman–Crippen MR) is 47.2 cm³/mol. The van der Waals surface area contributed by atoms with Gasteiger partial charge in [0.05, 0.1) is 18.2 Å². The molecule has 0 aliphatic rings. The predicted octanol–water partition coefficient (Wildman–Crippen LogP) is 2.21. The summed E-state index contributed by atoms with van der Waals surface area (Å²) < 4.78 is 54.0. The van der Waals surface area contributed by atoms with E-state index in [1.807, 2.05) is 0 Å². The zero-order valence-corrected chi connectivity index (χ0v) is 8.06. The molecule has 1 aromatic carbocycles. The highest BCUT2D eigenvalue weighted by atomic mass is 19.4. The molecule has 0 aliphatic heterocycles. The SMILES string of the molecule is COC(=O)c1cc(F)c(C(F)(F)F)cc1N. The maximum absolute atomic E-state index is 13.0. The van der Waals surface area contributed by atoms with E-state index in [1.54, 1.807) is 0 Å². The van der Waals surface area contributed by atoms with Gasteiger partial charge >= 0.3 is 12.1 Å². The Kier molecular flexibility index (Phi) is 3.06. The zero-order valence-electron chi connectivity index (χ0n) is 8.06. The summed E-state index contributed by atoms with van der Waals surface area (Å²) in [4.78, 5) is 11.0. The molecule has 0 heterocycles. The maximum atomic E-state index is 13.0. The summed E-state index contributed by atoms with van der Waals surface area (Å²) in [6, 6.07) is 0.769. The number of methoxy groups -OCH3 is 1. The van der Waals surface area contributed by atoms with Crippen molar-refractivity contribution < 1.29 is 27.1 Å². The first-order valence-corrected chi connectivity index (χ1v) is 4.02. The van der Waals surface area contributed by atoms with Gasteiger partial charge in [0.25, 0.3) is 0 Å². The lowest BCUT2D eigenvalue weighted by atomic mass is 10.1. The molecule has 0 spiro atoms. The van der Waals surface area contributed by atoms with E-state index in [9.17, 15) is 22.4 Å². The van der Waals surface area contributed by atoms with E-state index in [4.69, 9.17) is 5.73 Å². The van der Waals surface area contributed by atoms with Crippen LogP contribution in [0.1, 0.15) is 15.9 Å². The van der Waals surface area contributed by atoms with Gasteiger partial charge in [-0.1, -0.05) is 0 Å². The van der Waals surface area contributed by atoms with Crippen LogP contribution in [0.5, 0.6) is 0 Å². The smallest absolute Gasteiger partial charge is 0.419 e. The lowest BCUT2D eigenvalue weighted by Gasteiger charge is -2.11. The topological polar surface area (TPSA) is 52.3 Å². The molecule has 7 heteroatoms. The van der Waals surface area contributed by atoms with Crippen molar-refractivity contribution in [1.29, 1.82) is 0 Å². The Morgan fingerprint density at radius 2 is 1.94 bits per heavy atom. The Labute approximate surface area is 87.8 Å². The second kappa shape index (κ2) is 3.99. The molecule has 0 radical (unpaired) electrons. The summed E-state index contributed by atoms with van der Waals surface area (Å²) in [5.41, 5.74) is 2.76. The van der Waals surface area contributed by atoms with Crippen LogP contribution < -0.4 is 5.73 Å². The number of rotatable bonds is 1. The number of halogens is 4. The molecule has 0 saturated carbocycles. The van der Waals surface area contributed by atoms with Crippen LogP contribution in [0, 0.1) is 5.82 Å². The van der Waals surface area contributed by atoms with Crippen molar-refractivity contribution in [2.24, 2.45) is 0 Å². The monoisotopic (exact) mass is 237 g/mol. The molecule has 0 aliphatic carbocycles. The Morgan fingerprint density at radius 3 is 2.38 bits per heavy atom. The minimum atomic E-state index is -4.85. The van der Waals surface area contributed by atoms with Crippen LogP contribution >= 0.6 is 0 Å². The van der Waals surface area contributed by atoms with Crippen molar-refractivity contribution in [2.45, 2.75) is 6.18 Å². The molecule has 88 valence electrons. The molecule has 0 unspecified atom stereocenters. The molecule has 0 amide bonds. The molecule has 3 nitrogen and oxygen atoms in total. The number of carbonyl (C=O) groups is 1. The van der Waals surface area contributed by atoms with Gasteiger partial charge in [-0.2, -0.15) is 13.2 Å². The largest absolute Gasteiger partial charge is 0.465 e. The first kappa shape index (κ1) is 12.3. The summed E-state index contributed by atoms with van der Waals surface area (Å²) in [7, 11) is 1.01. The Hall–Kier alpha value is -1.79. The fourth-order valence-electron chi connectivity index (χ4n) is 1.09. The lowest BCUT2D eigenvalue weighted by molar-refractivity contribution is -0.139. The van der Waals surface area contributed by atoms with Gasteiger partial charge in [-0.3, -0.25) is 0 Å². The first-order chi connectivity index (χ1) is 7.27. The normalized spacial score (nSPS) is 11.3. The van der Waals surface area contributed by atoms with Gasteiger partial charge < -0.3 is 10.5 Å². The van der Waals surface area contributed by atoms with Gasteiger partial charge in [0.2, 0.25) is 0 Å². The quantitative estimate of drug-likeness (QED) is 0.463. The third kappa shape index (κ3) is 2.23. The Morgan fingerprint density at radius 1 is 1.38 bits per heavy atom. The highest BCUT2D eigenvalue weighted by Crippen LogP contribution is 2.33. The molecule has 0 fully saturated rings. The fraction of sp³-hybridized carbons (Fsp3) is 0.222. The highest BCUT2D eigenvalue weighted by Gasteiger charge is 2.35. The standard InChI is InChI=1S/C9H7F4NO2/c1-16-8(15)4-2-6(10)5(3-7(4)14)9(11,12)13/h2-3H,14H2,1H3. The molecule has 0 aromatic heterocycles. The van der Waals surface area contributed by atoms with Crippen molar-refractivity contribution in [3.05, 3.63) is 29.1 Å². The Balaban J connectivity index is 3.33. The summed E-state index contributed by atoms with van der Waals surface area (Å²) >= 11 is 0. The van der Waals surface area contributed by atoms with Crippen molar-refractivity contribution in [2.75, 3.05) is 12.8 Å².